The first-order chi connectivity index (χ1) is 11.1. The summed E-state index contributed by atoms with van der Waals surface area (Å²) in [7, 11) is 0. The number of hydrogen-bond acceptors (Lipinski definition) is 3. The van der Waals surface area contributed by atoms with Crippen LogP contribution in [0.4, 0.5) is 0 Å². The molecular formula is C19H20N2O2. The van der Waals surface area contributed by atoms with Crippen LogP contribution in [0.15, 0.2) is 60.7 Å². The van der Waals surface area contributed by atoms with E-state index in [1.807, 2.05) is 30.3 Å². The normalized spacial score (nSPS) is 10.6. The average molecular weight is 308 g/mol. The number of ether oxygens (including phenoxy) is 1. The Balaban J connectivity index is 1.77. The topological polar surface area (TPSA) is 76.2 Å². The van der Waals surface area contributed by atoms with Crippen molar-refractivity contribution in [2.24, 2.45) is 5.73 Å². The maximum atomic E-state index is 11.8. The van der Waals surface area contributed by atoms with E-state index in [4.69, 9.17) is 15.9 Å². The van der Waals surface area contributed by atoms with Crippen LogP contribution in [0.3, 0.4) is 0 Å². The smallest absolute Gasteiger partial charge is 0.311 e. The van der Waals surface area contributed by atoms with Crippen molar-refractivity contribution >= 4 is 17.9 Å². The van der Waals surface area contributed by atoms with Gasteiger partial charge in [-0.25, -0.2) is 0 Å². The van der Waals surface area contributed by atoms with Gasteiger partial charge in [0, 0.05) is 6.42 Å². The molecule has 23 heavy (non-hydrogen) atoms. The van der Waals surface area contributed by atoms with E-state index < -0.39 is 0 Å². The van der Waals surface area contributed by atoms with Crippen molar-refractivity contribution in [3.8, 4) is 5.75 Å². The van der Waals surface area contributed by atoms with Crippen LogP contribution in [0, 0.1) is 5.41 Å². The molecule has 0 amide bonds. The molecule has 0 bridgehead atoms. The Morgan fingerprint density at radius 2 is 1.78 bits per heavy atom. The molecule has 2 aromatic rings. The van der Waals surface area contributed by atoms with Crippen LogP contribution >= 0.6 is 0 Å². The van der Waals surface area contributed by atoms with Gasteiger partial charge in [0.25, 0.3) is 0 Å². The number of nitrogens with two attached hydrogens (primary N) is 1. The van der Waals surface area contributed by atoms with E-state index in [0.717, 1.165) is 18.4 Å². The van der Waals surface area contributed by atoms with Crippen molar-refractivity contribution in [2.45, 2.75) is 19.3 Å². The molecule has 0 aliphatic rings. The highest BCUT2D eigenvalue weighted by molar-refractivity contribution is 5.92. The molecule has 0 aliphatic carbocycles. The number of benzene rings is 2. The maximum Gasteiger partial charge on any atom is 0.311 e. The van der Waals surface area contributed by atoms with Crippen LogP contribution in [0.2, 0.25) is 0 Å². The molecule has 0 saturated heterocycles. The minimum absolute atomic E-state index is 0.001000. The second kappa shape index (κ2) is 8.54. The monoisotopic (exact) mass is 308 g/mol. The highest BCUT2D eigenvalue weighted by Gasteiger charge is 2.05. The molecule has 0 aromatic heterocycles. The molecule has 0 heterocycles. The Hall–Kier alpha value is -2.88. The Morgan fingerprint density at radius 1 is 1.09 bits per heavy atom. The van der Waals surface area contributed by atoms with E-state index in [1.54, 1.807) is 18.2 Å². The molecular weight excluding hydrogens is 288 g/mol. The number of carbonyl (C=O) groups excluding carboxylic acids is 1. The van der Waals surface area contributed by atoms with Gasteiger partial charge in [0.2, 0.25) is 0 Å². The van der Waals surface area contributed by atoms with Crippen LogP contribution in [0.1, 0.15) is 24.0 Å². The van der Waals surface area contributed by atoms with Crippen molar-refractivity contribution in [3.63, 3.8) is 0 Å². The summed E-state index contributed by atoms with van der Waals surface area (Å²) in [6.07, 6.45) is 5.26. The van der Waals surface area contributed by atoms with Crippen LogP contribution < -0.4 is 10.5 Å². The quantitative estimate of drug-likeness (QED) is 0.355. The average Bonchev–Trinajstić information content (AvgIpc) is 2.55. The van der Waals surface area contributed by atoms with Gasteiger partial charge in [0.1, 0.15) is 11.6 Å². The van der Waals surface area contributed by atoms with E-state index >= 15 is 0 Å². The third-order valence-corrected chi connectivity index (χ3v) is 3.26. The van der Waals surface area contributed by atoms with Gasteiger partial charge in [-0.1, -0.05) is 48.5 Å². The number of aryl methyl sites for hydroxylation is 1. The first kappa shape index (κ1) is 16.5. The standard InChI is InChI=1S/C19H20N2O2/c20-18(21)14-11-16-9-12-17(13-10-16)23-19(22)8-4-7-15-5-2-1-3-6-15/h1-3,5-6,9-14H,4,7-8H2,(H3,20,21)/b14-11+. The lowest BCUT2D eigenvalue weighted by molar-refractivity contribution is -0.134. The molecule has 0 radical (unpaired) electrons. The van der Waals surface area contributed by atoms with Crippen LogP contribution in [-0.2, 0) is 11.2 Å². The lowest BCUT2D eigenvalue weighted by Crippen LogP contribution is -2.08. The van der Waals surface area contributed by atoms with E-state index in [0.29, 0.717) is 12.2 Å². The van der Waals surface area contributed by atoms with Crippen LogP contribution in [0.25, 0.3) is 6.08 Å². The number of esters is 1. The van der Waals surface area contributed by atoms with Gasteiger partial charge >= 0.3 is 5.97 Å². The van der Waals surface area contributed by atoms with Crippen LogP contribution in [-0.4, -0.2) is 11.8 Å². The molecule has 3 N–H and O–H groups in total. The first-order valence-electron chi connectivity index (χ1n) is 7.50. The number of hydrogen-bond donors (Lipinski definition) is 2. The van der Waals surface area contributed by atoms with Gasteiger partial charge in [-0.3, -0.25) is 10.2 Å². The maximum absolute atomic E-state index is 11.8. The Bertz CT molecular complexity index is 676. The van der Waals surface area contributed by atoms with Gasteiger partial charge < -0.3 is 10.5 Å². The van der Waals surface area contributed by atoms with Gasteiger partial charge in [-0.2, -0.15) is 0 Å². The second-order valence-electron chi connectivity index (χ2n) is 5.17. The number of nitrogens with one attached hydrogen (secondary N) is 1. The summed E-state index contributed by atoms with van der Waals surface area (Å²) in [5, 5.41) is 7.13. The van der Waals surface area contributed by atoms with Crippen molar-refractivity contribution in [2.75, 3.05) is 0 Å². The summed E-state index contributed by atoms with van der Waals surface area (Å²) in [5.74, 6) is 0.293. The fourth-order valence-corrected chi connectivity index (χ4v) is 2.10. The first-order valence-corrected chi connectivity index (χ1v) is 7.50. The van der Waals surface area contributed by atoms with Crippen LogP contribution in [0.5, 0.6) is 5.75 Å². The molecule has 118 valence electrons. The van der Waals surface area contributed by atoms with E-state index in [2.05, 4.69) is 12.1 Å². The van der Waals surface area contributed by atoms with E-state index in [1.165, 1.54) is 11.6 Å². The fourth-order valence-electron chi connectivity index (χ4n) is 2.10. The molecule has 2 rings (SSSR count). The SMILES string of the molecule is N=C(N)/C=C/c1ccc(OC(=O)CCCc2ccccc2)cc1. The fraction of sp³-hybridized carbons (Fsp3) is 0.158. The molecule has 0 aliphatic heterocycles. The predicted octanol–water partition coefficient (Wildman–Crippen LogP) is 3.56. The molecule has 4 nitrogen and oxygen atoms in total. The largest absolute Gasteiger partial charge is 0.427 e. The van der Waals surface area contributed by atoms with E-state index in [-0.39, 0.29) is 11.8 Å². The van der Waals surface area contributed by atoms with Crippen molar-refractivity contribution < 1.29 is 9.53 Å². The number of rotatable bonds is 7. The van der Waals surface area contributed by atoms with Gasteiger partial charge in [0.15, 0.2) is 0 Å². The minimum atomic E-state index is -0.229. The molecule has 0 saturated carbocycles. The highest BCUT2D eigenvalue weighted by atomic mass is 16.5. The molecule has 2 aromatic carbocycles. The Morgan fingerprint density at radius 3 is 2.43 bits per heavy atom. The third-order valence-electron chi connectivity index (χ3n) is 3.26. The van der Waals surface area contributed by atoms with Gasteiger partial charge in [-0.05, 0) is 42.2 Å². The lowest BCUT2D eigenvalue weighted by Gasteiger charge is -2.05. The van der Waals surface area contributed by atoms with Crippen molar-refractivity contribution in [1.29, 1.82) is 5.41 Å². The Labute approximate surface area is 136 Å². The van der Waals surface area contributed by atoms with Crippen molar-refractivity contribution in [1.82, 2.24) is 0 Å². The van der Waals surface area contributed by atoms with Gasteiger partial charge in [-0.15, -0.1) is 0 Å². The predicted molar refractivity (Wildman–Crippen MR) is 92.4 cm³/mol. The van der Waals surface area contributed by atoms with Crippen molar-refractivity contribution in [3.05, 3.63) is 71.8 Å². The number of carbonyl (C=O) groups is 1. The molecule has 4 heteroatoms. The summed E-state index contributed by atoms with van der Waals surface area (Å²) in [6, 6.07) is 17.2. The molecule has 0 atom stereocenters. The lowest BCUT2D eigenvalue weighted by atomic mass is 10.1. The zero-order chi connectivity index (χ0) is 16.5. The summed E-state index contributed by atoms with van der Waals surface area (Å²) in [6.45, 7) is 0. The minimum Gasteiger partial charge on any atom is -0.427 e. The second-order valence-corrected chi connectivity index (χ2v) is 5.17. The zero-order valence-corrected chi connectivity index (χ0v) is 12.9. The molecule has 0 unspecified atom stereocenters. The number of amidine groups is 1. The third kappa shape index (κ3) is 6.18. The Kier molecular flexibility index (Phi) is 6.12. The summed E-state index contributed by atoms with van der Waals surface area (Å²) < 4.78 is 5.30. The highest BCUT2D eigenvalue weighted by Crippen LogP contribution is 2.14. The summed E-state index contributed by atoms with van der Waals surface area (Å²) in [5.41, 5.74) is 7.37. The molecule has 0 spiro atoms. The summed E-state index contributed by atoms with van der Waals surface area (Å²) in [4.78, 5) is 11.8. The van der Waals surface area contributed by atoms with Gasteiger partial charge in [0.05, 0.1) is 0 Å². The zero-order valence-electron chi connectivity index (χ0n) is 12.9. The molecule has 0 fully saturated rings. The summed E-state index contributed by atoms with van der Waals surface area (Å²) >= 11 is 0. The van der Waals surface area contributed by atoms with E-state index in [9.17, 15) is 4.79 Å².